The van der Waals surface area contributed by atoms with Crippen LogP contribution in [-0.4, -0.2) is 24.6 Å². The highest BCUT2D eigenvalue weighted by molar-refractivity contribution is 5.93. The van der Waals surface area contributed by atoms with Crippen molar-refractivity contribution in [3.63, 3.8) is 0 Å². The number of nitrogens with one attached hydrogen (secondary N) is 1. The standard InChI is InChI=1S/C14H11N5/c1-9-17-18-13-5-4-10(8-19(9)13)12-7-16-14-11(12)3-2-6-15-14/h2-8H,1H3,(H,15,16). The average Bonchev–Trinajstić information content (AvgIpc) is 3.03. The van der Waals surface area contributed by atoms with Crippen LogP contribution in [0, 0.1) is 6.92 Å². The van der Waals surface area contributed by atoms with Crippen molar-refractivity contribution in [2.75, 3.05) is 0 Å². The molecule has 0 aliphatic rings. The third kappa shape index (κ3) is 1.45. The fourth-order valence-corrected chi connectivity index (χ4v) is 2.36. The first kappa shape index (κ1) is 10.3. The second-order valence-corrected chi connectivity index (χ2v) is 4.50. The van der Waals surface area contributed by atoms with E-state index < -0.39 is 0 Å². The van der Waals surface area contributed by atoms with Gasteiger partial charge in [-0.15, -0.1) is 10.2 Å². The maximum Gasteiger partial charge on any atom is 0.160 e. The molecule has 0 aliphatic heterocycles. The molecule has 5 nitrogen and oxygen atoms in total. The molecule has 0 amide bonds. The third-order valence-corrected chi connectivity index (χ3v) is 3.33. The van der Waals surface area contributed by atoms with Gasteiger partial charge in [-0.25, -0.2) is 4.98 Å². The van der Waals surface area contributed by atoms with Gasteiger partial charge in [-0.2, -0.15) is 0 Å². The largest absolute Gasteiger partial charge is 0.346 e. The molecule has 0 aliphatic carbocycles. The lowest BCUT2D eigenvalue weighted by Gasteiger charge is -2.01. The summed E-state index contributed by atoms with van der Waals surface area (Å²) in [5.74, 6) is 0.884. The van der Waals surface area contributed by atoms with E-state index in [0.29, 0.717) is 0 Å². The Morgan fingerprint density at radius 2 is 2.11 bits per heavy atom. The Bertz CT molecular complexity index is 887. The van der Waals surface area contributed by atoms with Crippen LogP contribution in [0.4, 0.5) is 0 Å². The molecule has 0 unspecified atom stereocenters. The lowest BCUT2D eigenvalue weighted by atomic mass is 10.1. The highest BCUT2D eigenvalue weighted by Gasteiger charge is 2.08. The second kappa shape index (κ2) is 3.65. The Morgan fingerprint density at radius 1 is 1.16 bits per heavy atom. The van der Waals surface area contributed by atoms with Crippen molar-refractivity contribution >= 4 is 16.7 Å². The van der Waals surface area contributed by atoms with E-state index in [-0.39, 0.29) is 0 Å². The minimum Gasteiger partial charge on any atom is -0.346 e. The van der Waals surface area contributed by atoms with Gasteiger partial charge in [0.2, 0.25) is 0 Å². The van der Waals surface area contributed by atoms with Crippen molar-refractivity contribution in [2.24, 2.45) is 0 Å². The molecule has 0 saturated carbocycles. The molecule has 5 heteroatoms. The first-order valence-electron chi connectivity index (χ1n) is 6.07. The summed E-state index contributed by atoms with van der Waals surface area (Å²) >= 11 is 0. The highest BCUT2D eigenvalue weighted by atomic mass is 15.2. The lowest BCUT2D eigenvalue weighted by Crippen LogP contribution is -1.88. The van der Waals surface area contributed by atoms with E-state index in [1.54, 1.807) is 6.20 Å². The topological polar surface area (TPSA) is 58.9 Å². The number of aryl methyl sites for hydroxylation is 1. The molecule has 92 valence electrons. The number of hydrogen-bond donors (Lipinski definition) is 1. The Labute approximate surface area is 108 Å². The summed E-state index contributed by atoms with van der Waals surface area (Å²) in [6.45, 7) is 1.95. The number of nitrogens with zero attached hydrogens (tertiary/aromatic N) is 4. The zero-order chi connectivity index (χ0) is 12.8. The van der Waals surface area contributed by atoms with E-state index in [9.17, 15) is 0 Å². The zero-order valence-corrected chi connectivity index (χ0v) is 10.3. The van der Waals surface area contributed by atoms with E-state index >= 15 is 0 Å². The van der Waals surface area contributed by atoms with Gasteiger partial charge in [-0.3, -0.25) is 4.40 Å². The summed E-state index contributed by atoms with van der Waals surface area (Å²) in [6, 6.07) is 8.04. The normalized spacial score (nSPS) is 11.4. The van der Waals surface area contributed by atoms with Crippen LogP contribution in [0.3, 0.4) is 0 Å². The molecular formula is C14H11N5. The molecule has 0 bridgehead atoms. The fraction of sp³-hybridized carbons (Fsp3) is 0.0714. The van der Waals surface area contributed by atoms with Crippen molar-refractivity contribution in [1.82, 2.24) is 24.6 Å². The summed E-state index contributed by atoms with van der Waals surface area (Å²) in [4.78, 5) is 7.50. The maximum absolute atomic E-state index is 4.31. The number of aromatic nitrogens is 5. The van der Waals surface area contributed by atoms with Gasteiger partial charge in [-0.1, -0.05) is 0 Å². The first-order chi connectivity index (χ1) is 9.33. The van der Waals surface area contributed by atoms with Gasteiger partial charge in [0.25, 0.3) is 0 Å². The molecule has 4 heterocycles. The predicted molar refractivity (Wildman–Crippen MR) is 72.8 cm³/mol. The molecule has 4 rings (SSSR count). The third-order valence-electron chi connectivity index (χ3n) is 3.33. The van der Waals surface area contributed by atoms with E-state index in [2.05, 4.69) is 38.5 Å². The van der Waals surface area contributed by atoms with E-state index in [4.69, 9.17) is 0 Å². The number of H-pyrrole nitrogens is 1. The van der Waals surface area contributed by atoms with Gasteiger partial charge in [0.15, 0.2) is 5.65 Å². The van der Waals surface area contributed by atoms with Gasteiger partial charge < -0.3 is 4.98 Å². The molecule has 0 spiro atoms. The lowest BCUT2D eigenvalue weighted by molar-refractivity contribution is 1.01. The first-order valence-corrected chi connectivity index (χ1v) is 6.07. The van der Waals surface area contributed by atoms with Crippen LogP contribution < -0.4 is 0 Å². The molecule has 0 radical (unpaired) electrons. The molecule has 4 aromatic rings. The minimum atomic E-state index is 0.860. The Morgan fingerprint density at radius 3 is 3.05 bits per heavy atom. The van der Waals surface area contributed by atoms with Crippen LogP contribution in [-0.2, 0) is 0 Å². The van der Waals surface area contributed by atoms with E-state index in [1.165, 1.54) is 0 Å². The Balaban J connectivity index is 2.01. The van der Waals surface area contributed by atoms with Crippen molar-refractivity contribution in [3.8, 4) is 11.1 Å². The summed E-state index contributed by atoms with van der Waals surface area (Å²) < 4.78 is 1.99. The molecule has 19 heavy (non-hydrogen) atoms. The fourth-order valence-electron chi connectivity index (χ4n) is 2.36. The van der Waals surface area contributed by atoms with Crippen LogP contribution >= 0.6 is 0 Å². The average molecular weight is 249 g/mol. The van der Waals surface area contributed by atoms with Crippen molar-refractivity contribution in [1.29, 1.82) is 0 Å². The molecule has 0 saturated heterocycles. The minimum absolute atomic E-state index is 0.860. The SMILES string of the molecule is Cc1nnc2ccc(-c3c[nH]c4ncccc34)cn12. The smallest absolute Gasteiger partial charge is 0.160 e. The van der Waals surface area contributed by atoms with Crippen LogP contribution in [0.5, 0.6) is 0 Å². The summed E-state index contributed by atoms with van der Waals surface area (Å²) in [5, 5.41) is 9.29. The van der Waals surface area contributed by atoms with Crippen molar-refractivity contribution in [2.45, 2.75) is 6.92 Å². The predicted octanol–water partition coefficient (Wildman–Crippen LogP) is 2.58. The molecule has 0 fully saturated rings. The number of aromatic amines is 1. The molecule has 4 aromatic heterocycles. The van der Waals surface area contributed by atoms with Crippen LogP contribution in [0.1, 0.15) is 5.82 Å². The molecule has 0 atom stereocenters. The Kier molecular flexibility index (Phi) is 1.97. The van der Waals surface area contributed by atoms with Crippen LogP contribution in [0.15, 0.2) is 42.9 Å². The summed E-state index contributed by atoms with van der Waals surface area (Å²) in [6.07, 6.45) is 5.83. The number of rotatable bonds is 1. The number of pyridine rings is 2. The highest BCUT2D eigenvalue weighted by Crippen LogP contribution is 2.27. The molecule has 0 aromatic carbocycles. The molecule has 1 N–H and O–H groups in total. The van der Waals surface area contributed by atoms with E-state index in [1.807, 2.05) is 29.7 Å². The van der Waals surface area contributed by atoms with Gasteiger partial charge >= 0.3 is 0 Å². The number of fused-ring (bicyclic) bond motifs is 2. The van der Waals surface area contributed by atoms with E-state index in [0.717, 1.165) is 33.6 Å². The van der Waals surface area contributed by atoms with Crippen LogP contribution in [0.25, 0.3) is 27.8 Å². The summed E-state index contributed by atoms with van der Waals surface area (Å²) in [7, 11) is 0. The van der Waals surface area contributed by atoms with Gasteiger partial charge in [0.05, 0.1) is 0 Å². The Hall–Kier alpha value is -2.69. The maximum atomic E-state index is 4.31. The zero-order valence-electron chi connectivity index (χ0n) is 10.3. The van der Waals surface area contributed by atoms with Crippen molar-refractivity contribution < 1.29 is 0 Å². The summed E-state index contributed by atoms with van der Waals surface area (Å²) in [5.41, 5.74) is 4.02. The second-order valence-electron chi connectivity index (χ2n) is 4.50. The van der Waals surface area contributed by atoms with Gasteiger partial charge in [0, 0.05) is 35.1 Å². The van der Waals surface area contributed by atoms with Gasteiger partial charge in [0.1, 0.15) is 11.5 Å². The quantitative estimate of drug-likeness (QED) is 0.564. The van der Waals surface area contributed by atoms with Crippen molar-refractivity contribution in [3.05, 3.63) is 48.7 Å². The van der Waals surface area contributed by atoms with Gasteiger partial charge in [-0.05, 0) is 31.2 Å². The monoisotopic (exact) mass is 249 g/mol. The number of hydrogen-bond acceptors (Lipinski definition) is 3. The molecular weight excluding hydrogens is 238 g/mol. The van der Waals surface area contributed by atoms with Crippen LogP contribution in [0.2, 0.25) is 0 Å².